The van der Waals surface area contributed by atoms with Gasteiger partial charge in [0, 0.05) is 13.1 Å². The maximum atomic E-state index is 13.0. The molecule has 30 heavy (non-hydrogen) atoms. The molecule has 0 aromatic heterocycles. The van der Waals surface area contributed by atoms with Crippen molar-refractivity contribution in [3.63, 3.8) is 0 Å². The van der Waals surface area contributed by atoms with E-state index in [-0.39, 0.29) is 47.6 Å². The number of nitrogens with zero attached hydrogens (tertiary/aromatic N) is 1. The van der Waals surface area contributed by atoms with E-state index in [4.69, 9.17) is 0 Å². The molecule has 7 nitrogen and oxygen atoms in total. The van der Waals surface area contributed by atoms with Crippen LogP contribution in [0.15, 0.2) is 42.5 Å². The van der Waals surface area contributed by atoms with Crippen LogP contribution >= 0.6 is 0 Å². The molecule has 2 N–H and O–H groups in total. The number of likely N-dealkylation sites (tertiary alicyclic amines) is 1. The van der Waals surface area contributed by atoms with Gasteiger partial charge in [-0.2, -0.15) is 0 Å². The van der Waals surface area contributed by atoms with E-state index in [0.717, 1.165) is 0 Å². The molecule has 2 amide bonds. The summed E-state index contributed by atoms with van der Waals surface area (Å²) in [5, 5.41) is 12.9. The van der Waals surface area contributed by atoms with Gasteiger partial charge in [0.2, 0.25) is 11.8 Å². The molecule has 0 radical (unpaired) electrons. The Morgan fingerprint density at radius 3 is 2.63 bits per heavy atom. The quantitative estimate of drug-likeness (QED) is 0.579. The minimum Gasteiger partial charge on any atom is -0.505 e. The fourth-order valence-corrected chi connectivity index (χ4v) is 3.46. The van der Waals surface area contributed by atoms with Crippen molar-refractivity contribution < 1.29 is 28.6 Å². The molecule has 1 heterocycles. The Balaban J connectivity index is 1.64. The van der Waals surface area contributed by atoms with E-state index in [2.05, 4.69) is 10.1 Å². The minimum atomic E-state index is -0.709. The molecule has 1 unspecified atom stereocenters. The van der Waals surface area contributed by atoms with Crippen LogP contribution < -0.4 is 5.32 Å². The van der Waals surface area contributed by atoms with E-state index in [1.807, 2.05) is 0 Å². The van der Waals surface area contributed by atoms with Crippen LogP contribution in [0.4, 0.5) is 10.1 Å². The average Bonchev–Trinajstić information content (AvgIpc) is 2.76. The van der Waals surface area contributed by atoms with Gasteiger partial charge in [-0.25, -0.2) is 9.18 Å². The number of nitrogens with one attached hydrogen (secondary N) is 1. The zero-order chi connectivity index (χ0) is 21.7. The first kappa shape index (κ1) is 21.3. The number of hydrogen-bond donors (Lipinski definition) is 2. The third kappa shape index (κ3) is 4.94. The minimum absolute atomic E-state index is 0.0463. The largest absolute Gasteiger partial charge is 0.505 e. The topological polar surface area (TPSA) is 95.9 Å². The number of esters is 1. The molecule has 8 heteroatoms. The number of piperidine rings is 1. The lowest BCUT2D eigenvalue weighted by molar-refractivity contribution is -0.133. The van der Waals surface area contributed by atoms with E-state index >= 15 is 0 Å². The maximum Gasteiger partial charge on any atom is 0.341 e. The molecule has 3 rings (SSSR count). The number of carbonyl (C=O) groups is 3. The summed E-state index contributed by atoms with van der Waals surface area (Å²) in [7, 11) is 1.20. The summed E-state index contributed by atoms with van der Waals surface area (Å²) in [6.07, 6.45) is 1.40. The zero-order valence-corrected chi connectivity index (χ0v) is 16.6. The predicted molar refractivity (Wildman–Crippen MR) is 107 cm³/mol. The van der Waals surface area contributed by atoms with Gasteiger partial charge in [0.15, 0.2) is 5.75 Å². The van der Waals surface area contributed by atoms with Crippen molar-refractivity contribution in [2.45, 2.75) is 19.3 Å². The summed E-state index contributed by atoms with van der Waals surface area (Å²) >= 11 is 0. The molecule has 1 fully saturated rings. The number of carbonyl (C=O) groups excluding carboxylic acids is 3. The van der Waals surface area contributed by atoms with E-state index in [0.29, 0.717) is 24.9 Å². The summed E-state index contributed by atoms with van der Waals surface area (Å²) in [6.45, 7) is 0.802. The number of amides is 2. The average molecular weight is 414 g/mol. The normalized spacial score (nSPS) is 16.1. The molecule has 1 atom stereocenters. The third-order valence-electron chi connectivity index (χ3n) is 5.11. The van der Waals surface area contributed by atoms with Crippen molar-refractivity contribution in [3.8, 4) is 5.75 Å². The standard InChI is InChI=1S/C22H23FN2O5/c1-30-22(29)17-5-2-6-18(20(17)27)24-21(28)15-4-3-11-25(13-15)19(26)12-14-7-9-16(23)10-8-14/h2,5-10,15,27H,3-4,11-13H2,1H3,(H,24,28). The summed E-state index contributed by atoms with van der Waals surface area (Å²) in [6, 6.07) is 10.2. The van der Waals surface area contributed by atoms with Crippen molar-refractivity contribution in [2.24, 2.45) is 5.92 Å². The first-order valence-corrected chi connectivity index (χ1v) is 9.62. The van der Waals surface area contributed by atoms with Crippen molar-refractivity contribution in [3.05, 3.63) is 59.4 Å². The number of aromatic hydroxyl groups is 1. The lowest BCUT2D eigenvalue weighted by atomic mass is 9.96. The van der Waals surface area contributed by atoms with E-state index in [1.54, 1.807) is 17.0 Å². The highest BCUT2D eigenvalue weighted by molar-refractivity contribution is 5.99. The van der Waals surface area contributed by atoms with Crippen LogP contribution in [-0.2, 0) is 20.7 Å². The highest BCUT2D eigenvalue weighted by atomic mass is 19.1. The van der Waals surface area contributed by atoms with Gasteiger partial charge < -0.3 is 20.1 Å². The van der Waals surface area contributed by atoms with Gasteiger partial charge in [-0.05, 0) is 42.7 Å². The van der Waals surface area contributed by atoms with E-state index < -0.39 is 11.9 Å². The molecular weight excluding hydrogens is 391 g/mol. The summed E-state index contributed by atoms with van der Waals surface area (Å²) in [5.41, 5.74) is 0.769. The number of benzene rings is 2. The Kier molecular flexibility index (Phi) is 6.66. The van der Waals surface area contributed by atoms with Crippen LogP contribution in [0.2, 0.25) is 0 Å². The van der Waals surface area contributed by atoms with Gasteiger partial charge in [-0.1, -0.05) is 18.2 Å². The number of hydrogen-bond acceptors (Lipinski definition) is 5. The number of methoxy groups -OCH3 is 1. The Morgan fingerprint density at radius 1 is 1.20 bits per heavy atom. The van der Waals surface area contributed by atoms with Crippen LogP contribution in [0.1, 0.15) is 28.8 Å². The summed E-state index contributed by atoms with van der Waals surface area (Å²) in [5.74, 6) is -2.35. The molecule has 0 aliphatic carbocycles. The van der Waals surface area contributed by atoms with Crippen molar-refractivity contribution in [2.75, 3.05) is 25.5 Å². The number of para-hydroxylation sites is 1. The van der Waals surface area contributed by atoms with Crippen molar-refractivity contribution in [1.82, 2.24) is 4.90 Å². The van der Waals surface area contributed by atoms with Gasteiger partial charge in [0.25, 0.3) is 0 Å². The molecule has 1 aliphatic rings. The van der Waals surface area contributed by atoms with Gasteiger partial charge in [-0.15, -0.1) is 0 Å². The second-order valence-electron chi connectivity index (χ2n) is 7.16. The van der Waals surface area contributed by atoms with Gasteiger partial charge >= 0.3 is 5.97 Å². The molecule has 1 aliphatic heterocycles. The SMILES string of the molecule is COC(=O)c1cccc(NC(=O)C2CCCN(C(=O)Cc3ccc(F)cc3)C2)c1O. The lowest BCUT2D eigenvalue weighted by Crippen LogP contribution is -2.44. The Morgan fingerprint density at radius 2 is 1.93 bits per heavy atom. The zero-order valence-electron chi connectivity index (χ0n) is 16.6. The second-order valence-corrected chi connectivity index (χ2v) is 7.16. The lowest BCUT2D eigenvalue weighted by Gasteiger charge is -2.32. The second kappa shape index (κ2) is 9.39. The number of anilines is 1. The summed E-state index contributed by atoms with van der Waals surface area (Å²) < 4.78 is 17.6. The molecule has 2 aromatic carbocycles. The molecule has 0 bridgehead atoms. The smallest absolute Gasteiger partial charge is 0.341 e. The molecule has 0 spiro atoms. The van der Waals surface area contributed by atoms with E-state index in [9.17, 15) is 23.9 Å². The Bertz CT molecular complexity index is 945. The molecular formula is C22H23FN2O5. The Labute approximate surface area is 173 Å². The summed E-state index contributed by atoms with van der Waals surface area (Å²) in [4.78, 5) is 38.6. The highest BCUT2D eigenvalue weighted by Gasteiger charge is 2.29. The van der Waals surface area contributed by atoms with Gasteiger partial charge in [-0.3, -0.25) is 9.59 Å². The first-order valence-electron chi connectivity index (χ1n) is 9.62. The number of rotatable bonds is 5. The monoisotopic (exact) mass is 414 g/mol. The fourth-order valence-electron chi connectivity index (χ4n) is 3.46. The number of halogens is 1. The number of ether oxygens (including phenoxy) is 1. The molecule has 0 saturated carbocycles. The van der Waals surface area contributed by atoms with Crippen LogP contribution in [0.5, 0.6) is 5.75 Å². The van der Waals surface area contributed by atoms with Crippen molar-refractivity contribution in [1.29, 1.82) is 0 Å². The fraction of sp³-hybridized carbons (Fsp3) is 0.318. The van der Waals surface area contributed by atoms with Gasteiger partial charge in [0.05, 0.1) is 25.1 Å². The van der Waals surface area contributed by atoms with Crippen LogP contribution in [-0.4, -0.2) is 48.0 Å². The first-order chi connectivity index (χ1) is 14.4. The van der Waals surface area contributed by atoms with Gasteiger partial charge in [0.1, 0.15) is 11.4 Å². The maximum absolute atomic E-state index is 13.0. The van der Waals surface area contributed by atoms with Crippen molar-refractivity contribution >= 4 is 23.5 Å². The molecule has 2 aromatic rings. The Hall–Kier alpha value is -3.42. The molecule has 1 saturated heterocycles. The van der Waals surface area contributed by atoms with Crippen LogP contribution in [0.25, 0.3) is 0 Å². The van der Waals surface area contributed by atoms with Crippen LogP contribution in [0.3, 0.4) is 0 Å². The highest BCUT2D eigenvalue weighted by Crippen LogP contribution is 2.29. The van der Waals surface area contributed by atoms with E-state index in [1.165, 1.54) is 37.4 Å². The number of phenols is 1. The molecule has 158 valence electrons. The van der Waals surface area contributed by atoms with Crippen LogP contribution in [0, 0.1) is 11.7 Å². The third-order valence-corrected chi connectivity index (χ3v) is 5.11. The predicted octanol–water partition coefficient (Wildman–Crippen LogP) is 2.74. The number of phenolic OH excluding ortho intramolecular Hbond substituents is 1.